The van der Waals surface area contributed by atoms with Gasteiger partial charge in [-0.2, -0.15) is 0 Å². The van der Waals surface area contributed by atoms with Crippen LogP contribution >= 0.6 is 0 Å². The number of ether oxygens (including phenoxy) is 1. The van der Waals surface area contributed by atoms with Crippen molar-refractivity contribution in [3.8, 4) is 0 Å². The molecule has 4 nitrogen and oxygen atoms in total. The Morgan fingerprint density at radius 1 is 1.08 bits per heavy atom. The van der Waals surface area contributed by atoms with Crippen molar-refractivity contribution in [1.82, 2.24) is 4.98 Å². The van der Waals surface area contributed by atoms with Crippen LogP contribution in [-0.4, -0.2) is 22.8 Å². The third-order valence-corrected chi connectivity index (χ3v) is 4.48. The van der Waals surface area contributed by atoms with Crippen molar-refractivity contribution in [2.75, 3.05) is 0 Å². The lowest BCUT2D eigenvalue weighted by Gasteiger charge is -2.13. The molecular formula is C21H21NO3. The number of esters is 1. The summed E-state index contributed by atoms with van der Waals surface area (Å²) < 4.78 is 5.36. The molecule has 4 heteroatoms. The number of carbonyl (C=O) groups is 2. The second-order valence-corrected chi connectivity index (χ2v) is 6.33. The molecule has 1 atom stereocenters. The van der Waals surface area contributed by atoms with E-state index in [1.807, 2.05) is 56.4 Å². The largest absolute Gasteiger partial charge is 0.454 e. The first kappa shape index (κ1) is 17.0. The van der Waals surface area contributed by atoms with E-state index in [4.69, 9.17) is 4.74 Å². The molecular weight excluding hydrogens is 314 g/mol. The smallest absolute Gasteiger partial charge is 0.311 e. The number of H-pyrrole nitrogens is 1. The molecule has 0 spiro atoms. The van der Waals surface area contributed by atoms with Gasteiger partial charge in [0.25, 0.3) is 0 Å². The number of fused-ring (bicyclic) bond motifs is 1. The van der Waals surface area contributed by atoms with Gasteiger partial charge in [-0.15, -0.1) is 0 Å². The summed E-state index contributed by atoms with van der Waals surface area (Å²) in [6, 6.07) is 13.3. The van der Waals surface area contributed by atoms with Crippen LogP contribution in [0, 0.1) is 13.8 Å². The fraction of sp³-hybridized carbons (Fsp3) is 0.238. The zero-order valence-corrected chi connectivity index (χ0v) is 14.6. The fourth-order valence-corrected chi connectivity index (χ4v) is 2.86. The average Bonchev–Trinajstić information content (AvgIpc) is 2.99. The fourth-order valence-electron chi connectivity index (χ4n) is 2.86. The number of para-hydroxylation sites is 1. The number of aromatic nitrogens is 1. The van der Waals surface area contributed by atoms with Crippen molar-refractivity contribution >= 4 is 22.7 Å². The lowest BCUT2D eigenvalue weighted by atomic mass is 10.0. The van der Waals surface area contributed by atoms with Gasteiger partial charge in [-0.25, -0.2) is 0 Å². The first-order valence-corrected chi connectivity index (χ1v) is 8.31. The molecule has 0 saturated carbocycles. The first-order chi connectivity index (χ1) is 12.0. The minimum absolute atomic E-state index is 0.133. The molecule has 25 heavy (non-hydrogen) atoms. The van der Waals surface area contributed by atoms with Gasteiger partial charge in [-0.1, -0.05) is 30.3 Å². The zero-order valence-electron chi connectivity index (χ0n) is 14.6. The highest BCUT2D eigenvalue weighted by atomic mass is 16.5. The van der Waals surface area contributed by atoms with E-state index in [0.29, 0.717) is 5.56 Å². The summed E-state index contributed by atoms with van der Waals surface area (Å²) in [4.78, 5) is 27.8. The number of ketones is 1. The Kier molecular flexibility index (Phi) is 4.70. The van der Waals surface area contributed by atoms with E-state index in [0.717, 1.165) is 27.6 Å². The molecule has 0 bridgehead atoms. The third-order valence-electron chi connectivity index (χ3n) is 4.48. The Bertz CT molecular complexity index is 939. The number of Topliss-reactive ketones (excluding diaryl/α,β-unsaturated/α-hetero) is 1. The number of hydrogen-bond acceptors (Lipinski definition) is 3. The highest BCUT2D eigenvalue weighted by molar-refractivity contribution is 6.00. The Labute approximate surface area is 146 Å². The van der Waals surface area contributed by atoms with E-state index in [9.17, 15) is 9.59 Å². The quantitative estimate of drug-likeness (QED) is 0.563. The van der Waals surface area contributed by atoms with E-state index in [-0.39, 0.29) is 12.2 Å². The molecule has 1 aromatic heterocycles. The Hall–Kier alpha value is -2.88. The van der Waals surface area contributed by atoms with Gasteiger partial charge in [0.15, 0.2) is 6.10 Å². The van der Waals surface area contributed by atoms with Gasteiger partial charge in [-0.3, -0.25) is 9.59 Å². The van der Waals surface area contributed by atoms with Crippen molar-refractivity contribution in [2.24, 2.45) is 0 Å². The lowest BCUT2D eigenvalue weighted by Crippen LogP contribution is -2.25. The molecule has 0 aliphatic rings. The van der Waals surface area contributed by atoms with Crippen LogP contribution in [0.5, 0.6) is 0 Å². The number of aromatic amines is 1. The minimum atomic E-state index is -0.806. The first-order valence-electron chi connectivity index (χ1n) is 8.31. The third kappa shape index (κ3) is 3.63. The molecule has 1 heterocycles. The summed E-state index contributed by atoms with van der Waals surface area (Å²) in [5.41, 5.74) is 4.58. The maximum absolute atomic E-state index is 12.5. The van der Waals surface area contributed by atoms with Gasteiger partial charge < -0.3 is 9.72 Å². The number of carbonyl (C=O) groups excluding carboxylic acids is 2. The summed E-state index contributed by atoms with van der Waals surface area (Å²) in [5.74, 6) is -0.593. The highest BCUT2D eigenvalue weighted by Crippen LogP contribution is 2.19. The standard InChI is InChI=1S/C21H21NO3/c1-13-8-9-16(10-14(13)2)21(24)15(3)25-20(23)11-17-12-22-19-7-5-4-6-18(17)19/h4-10,12,15,22H,11H2,1-3H3/t15-/m0/s1. The maximum Gasteiger partial charge on any atom is 0.311 e. The van der Waals surface area contributed by atoms with Gasteiger partial charge in [0.2, 0.25) is 5.78 Å². The number of benzene rings is 2. The number of aryl methyl sites for hydroxylation is 2. The van der Waals surface area contributed by atoms with Crippen LogP contribution in [0.4, 0.5) is 0 Å². The van der Waals surface area contributed by atoms with Gasteiger partial charge in [0, 0.05) is 22.7 Å². The van der Waals surface area contributed by atoms with Crippen LogP contribution in [-0.2, 0) is 16.0 Å². The second kappa shape index (κ2) is 6.93. The highest BCUT2D eigenvalue weighted by Gasteiger charge is 2.20. The monoisotopic (exact) mass is 335 g/mol. The molecule has 0 fully saturated rings. The summed E-state index contributed by atoms with van der Waals surface area (Å²) in [5, 5.41) is 0.993. The molecule has 1 N–H and O–H groups in total. The van der Waals surface area contributed by atoms with Crippen molar-refractivity contribution in [3.05, 3.63) is 70.9 Å². The van der Waals surface area contributed by atoms with Crippen LogP contribution in [0.15, 0.2) is 48.7 Å². The van der Waals surface area contributed by atoms with Crippen LogP contribution < -0.4 is 0 Å². The molecule has 0 saturated heterocycles. The zero-order chi connectivity index (χ0) is 18.0. The van der Waals surface area contributed by atoms with E-state index >= 15 is 0 Å². The molecule has 0 amide bonds. The average molecular weight is 335 g/mol. The molecule has 128 valence electrons. The Morgan fingerprint density at radius 2 is 1.84 bits per heavy atom. The SMILES string of the molecule is Cc1ccc(C(=O)[C@H](C)OC(=O)Cc2c[nH]c3ccccc23)cc1C. The molecule has 3 rings (SSSR count). The molecule has 0 unspecified atom stereocenters. The Balaban J connectivity index is 1.67. The summed E-state index contributed by atoms with van der Waals surface area (Å²) in [6.07, 6.45) is 1.14. The molecule has 3 aromatic rings. The predicted octanol–water partition coefficient (Wildman–Crippen LogP) is 4.14. The Morgan fingerprint density at radius 3 is 2.60 bits per heavy atom. The van der Waals surface area contributed by atoms with Gasteiger partial charge >= 0.3 is 5.97 Å². The van der Waals surface area contributed by atoms with E-state index in [2.05, 4.69) is 4.98 Å². The molecule has 0 aliphatic carbocycles. The van der Waals surface area contributed by atoms with Crippen LogP contribution in [0.1, 0.15) is 34.0 Å². The van der Waals surface area contributed by atoms with E-state index < -0.39 is 12.1 Å². The minimum Gasteiger partial charge on any atom is -0.454 e. The number of nitrogens with one attached hydrogen (secondary N) is 1. The van der Waals surface area contributed by atoms with Crippen LogP contribution in [0.2, 0.25) is 0 Å². The topological polar surface area (TPSA) is 59.2 Å². The summed E-state index contributed by atoms with van der Waals surface area (Å²) >= 11 is 0. The second-order valence-electron chi connectivity index (χ2n) is 6.33. The number of rotatable bonds is 5. The molecule has 0 aliphatic heterocycles. The van der Waals surface area contributed by atoms with Gasteiger partial charge in [0.05, 0.1) is 6.42 Å². The van der Waals surface area contributed by atoms with Crippen LogP contribution in [0.25, 0.3) is 10.9 Å². The summed E-state index contributed by atoms with van der Waals surface area (Å²) in [7, 11) is 0. The predicted molar refractivity (Wildman–Crippen MR) is 97.8 cm³/mol. The van der Waals surface area contributed by atoms with Gasteiger partial charge in [0.1, 0.15) is 0 Å². The van der Waals surface area contributed by atoms with Crippen molar-refractivity contribution in [3.63, 3.8) is 0 Å². The van der Waals surface area contributed by atoms with E-state index in [1.54, 1.807) is 13.0 Å². The van der Waals surface area contributed by atoms with Crippen molar-refractivity contribution in [2.45, 2.75) is 33.3 Å². The van der Waals surface area contributed by atoms with Crippen molar-refractivity contribution in [1.29, 1.82) is 0 Å². The normalized spacial score (nSPS) is 12.1. The van der Waals surface area contributed by atoms with Gasteiger partial charge in [-0.05, 0) is 49.6 Å². The molecule has 0 radical (unpaired) electrons. The lowest BCUT2D eigenvalue weighted by molar-refractivity contribution is -0.145. The van der Waals surface area contributed by atoms with Crippen LogP contribution in [0.3, 0.4) is 0 Å². The van der Waals surface area contributed by atoms with E-state index in [1.165, 1.54) is 0 Å². The maximum atomic E-state index is 12.5. The van der Waals surface area contributed by atoms with Crippen molar-refractivity contribution < 1.29 is 14.3 Å². The molecule has 2 aromatic carbocycles. The number of hydrogen-bond donors (Lipinski definition) is 1. The summed E-state index contributed by atoms with van der Waals surface area (Å²) in [6.45, 7) is 5.57.